The normalized spacial score (nSPS) is 27.7. The summed E-state index contributed by atoms with van der Waals surface area (Å²) in [5.41, 5.74) is 5.46. The SMILES string of the molecule is CC(C(=O)NC1CCN(C2CC2)C1)C(N)=S. The first kappa shape index (κ1) is 11.8. The molecule has 0 aromatic heterocycles. The summed E-state index contributed by atoms with van der Waals surface area (Å²) in [6, 6.07) is 1.07. The number of thiocarbonyl (C=S) groups is 1. The average Bonchev–Trinajstić information content (AvgIpc) is 2.99. The van der Waals surface area contributed by atoms with Crippen molar-refractivity contribution in [2.75, 3.05) is 13.1 Å². The lowest BCUT2D eigenvalue weighted by molar-refractivity contribution is -0.123. The molecule has 2 atom stereocenters. The Kier molecular flexibility index (Phi) is 3.44. The van der Waals surface area contributed by atoms with E-state index in [9.17, 15) is 4.79 Å². The van der Waals surface area contributed by atoms with Crippen LogP contribution in [-0.4, -0.2) is 41.0 Å². The molecule has 16 heavy (non-hydrogen) atoms. The molecule has 1 saturated carbocycles. The van der Waals surface area contributed by atoms with Crippen molar-refractivity contribution in [1.82, 2.24) is 10.2 Å². The van der Waals surface area contributed by atoms with Crippen LogP contribution in [0.15, 0.2) is 0 Å². The Morgan fingerprint density at radius 2 is 2.19 bits per heavy atom. The lowest BCUT2D eigenvalue weighted by atomic mass is 10.1. The predicted octanol–water partition coefficient (Wildman–Crippen LogP) is 0.262. The molecular formula is C11H19N3OS. The highest BCUT2D eigenvalue weighted by molar-refractivity contribution is 7.80. The summed E-state index contributed by atoms with van der Waals surface area (Å²) in [5.74, 6) is -0.389. The standard InChI is InChI=1S/C11H19N3OS/c1-7(10(12)16)11(15)13-8-4-5-14(6-8)9-2-3-9/h7-9H,2-6H2,1H3,(H2,12,16)(H,13,15). The van der Waals surface area contributed by atoms with Gasteiger partial charge in [-0.05, 0) is 26.2 Å². The molecule has 5 heteroatoms. The Labute approximate surface area is 102 Å². The van der Waals surface area contributed by atoms with Crippen molar-refractivity contribution in [3.05, 3.63) is 0 Å². The van der Waals surface area contributed by atoms with Gasteiger partial charge in [0.05, 0.1) is 10.9 Å². The smallest absolute Gasteiger partial charge is 0.229 e. The lowest BCUT2D eigenvalue weighted by Crippen LogP contribution is -2.43. The maximum absolute atomic E-state index is 11.7. The average molecular weight is 241 g/mol. The third kappa shape index (κ3) is 2.71. The molecule has 0 spiro atoms. The predicted molar refractivity (Wildman–Crippen MR) is 67.1 cm³/mol. The summed E-state index contributed by atoms with van der Waals surface area (Å²) in [4.78, 5) is 14.5. The van der Waals surface area contributed by atoms with Crippen molar-refractivity contribution >= 4 is 23.1 Å². The molecule has 3 N–H and O–H groups in total. The number of hydrogen-bond acceptors (Lipinski definition) is 3. The van der Waals surface area contributed by atoms with Gasteiger partial charge in [0.2, 0.25) is 5.91 Å². The highest BCUT2D eigenvalue weighted by Gasteiger charge is 2.35. The molecule has 0 bridgehead atoms. The topological polar surface area (TPSA) is 58.4 Å². The summed E-state index contributed by atoms with van der Waals surface area (Å²) < 4.78 is 0. The third-order valence-corrected chi connectivity index (χ3v) is 3.80. The number of nitrogens with two attached hydrogens (primary N) is 1. The first-order valence-corrected chi connectivity index (χ1v) is 6.32. The minimum atomic E-state index is -0.357. The second-order valence-electron chi connectivity index (χ2n) is 4.84. The number of likely N-dealkylation sites (tertiary alicyclic amines) is 1. The molecule has 2 aliphatic rings. The highest BCUT2D eigenvalue weighted by Crippen LogP contribution is 2.29. The molecule has 2 rings (SSSR count). The van der Waals surface area contributed by atoms with E-state index in [0.29, 0.717) is 0 Å². The number of nitrogens with one attached hydrogen (secondary N) is 1. The Morgan fingerprint density at radius 1 is 1.50 bits per heavy atom. The Balaban J connectivity index is 1.77. The van der Waals surface area contributed by atoms with Crippen molar-refractivity contribution in [1.29, 1.82) is 0 Å². The van der Waals surface area contributed by atoms with E-state index < -0.39 is 0 Å². The molecule has 1 aliphatic heterocycles. The Morgan fingerprint density at radius 3 is 2.75 bits per heavy atom. The summed E-state index contributed by atoms with van der Waals surface area (Å²) in [7, 11) is 0. The van der Waals surface area contributed by atoms with Crippen LogP contribution in [0.5, 0.6) is 0 Å². The largest absolute Gasteiger partial charge is 0.393 e. The first-order valence-electron chi connectivity index (χ1n) is 5.91. The van der Waals surface area contributed by atoms with Crippen LogP contribution in [0.2, 0.25) is 0 Å². The van der Waals surface area contributed by atoms with E-state index in [1.165, 1.54) is 12.8 Å². The zero-order valence-corrected chi connectivity index (χ0v) is 10.4. The van der Waals surface area contributed by atoms with Crippen molar-refractivity contribution in [2.24, 2.45) is 11.7 Å². The van der Waals surface area contributed by atoms with Crippen LogP contribution >= 0.6 is 12.2 Å². The molecule has 0 aromatic rings. The molecule has 0 radical (unpaired) electrons. The van der Waals surface area contributed by atoms with E-state index in [1.54, 1.807) is 6.92 Å². The van der Waals surface area contributed by atoms with Crippen LogP contribution in [0, 0.1) is 5.92 Å². The van der Waals surface area contributed by atoms with E-state index in [4.69, 9.17) is 18.0 Å². The van der Waals surface area contributed by atoms with E-state index in [1.807, 2.05) is 0 Å². The Bertz CT molecular complexity index is 304. The van der Waals surface area contributed by atoms with Crippen molar-refractivity contribution in [3.8, 4) is 0 Å². The summed E-state index contributed by atoms with van der Waals surface area (Å²) in [6.07, 6.45) is 3.69. The van der Waals surface area contributed by atoms with Crippen molar-refractivity contribution in [2.45, 2.75) is 38.3 Å². The second kappa shape index (κ2) is 4.67. The highest BCUT2D eigenvalue weighted by atomic mass is 32.1. The van der Waals surface area contributed by atoms with Gasteiger partial charge in [-0.25, -0.2) is 0 Å². The van der Waals surface area contributed by atoms with Crippen LogP contribution in [0.1, 0.15) is 26.2 Å². The molecule has 1 heterocycles. The fraction of sp³-hybridized carbons (Fsp3) is 0.818. The maximum Gasteiger partial charge on any atom is 0.229 e. The van der Waals surface area contributed by atoms with Gasteiger partial charge < -0.3 is 11.1 Å². The molecule has 4 nitrogen and oxygen atoms in total. The quantitative estimate of drug-likeness (QED) is 0.693. The van der Waals surface area contributed by atoms with Gasteiger partial charge in [-0.2, -0.15) is 0 Å². The van der Waals surface area contributed by atoms with Crippen molar-refractivity contribution < 1.29 is 4.79 Å². The van der Waals surface area contributed by atoms with Gasteiger partial charge >= 0.3 is 0 Å². The van der Waals surface area contributed by atoms with Crippen molar-refractivity contribution in [3.63, 3.8) is 0 Å². The van der Waals surface area contributed by atoms with Gasteiger partial charge in [-0.15, -0.1) is 0 Å². The van der Waals surface area contributed by atoms with Crippen LogP contribution in [0.4, 0.5) is 0 Å². The lowest BCUT2D eigenvalue weighted by Gasteiger charge is -2.17. The van der Waals surface area contributed by atoms with E-state index >= 15 is 0 Å². The number of rotatable bonds is 4. The number of carbonyl (C=O) groups is 1. The molecular weight excluding hydrogens is 222 g/mol. The number of carbonyl (C=O) groups excluding carboxylic acids is 1. The van der Waals surface area contributed by atoms with Gasteiger partial charge in [0, 0.05) is 25.2 Å². The first-order chi connectivity index (χ1) is 7.58. The van der Waals surface area contributed by atoms with E-state index in [0.717, 1.165) is 25.6 Å². The zero-order chi connectivity index (χ0) is 11.7. The maximum atomic E-state index is 11.7. The number of amides is 1. The molecule has 1 saturated heterocycles. The minimum absolute atomic E-state index is 0.0323. The van der Waals surface area contributed by atoms with Crippen LogP contribution in [-0.2, 0) is 4.79 Å². The van der Waals surface area contributed by atoms with Gasteiger partial charge in [0.15, 0.2) is 0 Å². The van der Waals surface area contributed by atoms with Gasteiger partial charge in [-0.3, -0.25) is 9.69 Å². The summed E-state index contributed by atoms with van der Waals surface area (Å²) >= 11 is 4.82. The monoisotopic (exact) mass is 241 g/mol. The van der Waals surface area contributed by atoms with Crippen LogP contribution in [0.25, 0.3) is 0 Å². The van der Waals surface area contributed by atoms with Gasteiger partial charge in [0.1, 0.15) is 0 Å². The fourth-order valence-electron chi connectivity index (χ4n) is 2.13. The minimum Gasteiger partial charge on any atom is -0.393 e. The van der Waals surface area contributed by atoms with E-state index in [-0.39, 0.29) is 22.9 Å². The van der Waals surface area contributed by atoms with Gasteiger partial charge in [-0.1, -0.05) is 12.2 Å². The number of nitrogens with zero attached hydrogens (tertiary/aromatic N) is 1. The molecule has 1 amide bonds. The molecule has 90 valence electrons. The van der Waals surface area contributed by atoms with Gasteiger partial charge in [0.25, 0.3) is 0 Å². The molecule has 0 aromatic carbocycles. The van der Waals surface area contributed by atoms with Crippen LogP contribution in [0.3, 0.4) is 0 Å². The number of hydrogen-bond donors (Lipinski definition) is 2. The summed E-state index contributed by atoms with van der Waals surface area (Å²) in [5, 5.41) is 3.02. The fourth-order valence-corrected chi connectivity index (χ4v) is 2.24. The molecule has 2 fully saturated rings. The zero-order valence-electron chi connectivity index (χ0n) is 9.61. The second-order valence-corrected chi connectivity index (χ2v) is 5.32. The third-order valence-electron chi connectivity index (χ3n) is 3.45. The molecule has 2 unspecified atom stereocenters. The van der Waals surface area contributed by atoms with Crippen LogP contribution < -0.4 is 11.1 Å². The van der Waals surface area contributed by atoms with E-state index in [2.05, 4.69) is 10.2 Å². The Hall–Kier alpha value is -0.680. The molecule has 1 aliphatic carbocycles. The summed E-state index contributed by atoms with van der Waals surface area (Å²) in [6.45, 7) is 3.85.